The first-order valence-corrected chi connectivity index (χ1v) is 12.5. The molecule has 5 heterocycles. The molecule has 6 rings (SSSR count). The molecule has 1 aromatic carbocycles. The molecule has 37 heavy (non-hydrogen) atoms. The highest BCUT2D eigenvalue weighted by atomic mass is 16.5. The van der Waals surface area contributed by atoms with Gasteiger partial charge in [-0.15, -0.1) is 5.10 Å². The van der Waals surface area contributed by atoms with E-state index in [0.717, 1.165) is 65.8 Å². The summed E-state index contributed by atoms with van der Waals surface area (Å²) in [7, 11) is 4.06. The van der Waals surface area contributed by atoms with Crippen molar-refractivity contribution in [3.05, 3.63) is 71.7 Å². The number of rotatable bonds is 5. The second-order valence-corrected chi connectivity index (χ2v) is 10.0. The van der Waals surface area contributed by atoms with Crippen LogP contribution in [0.25, 0.3) is 22.5 Å². The second-order valence-electron chi connectivity index (χ2n) is 10.0. The van der Waals surface area contributed by atoms with Crippen LogP contribution in [0.3, 0.4) is 0 Å². The molecule has 188 valence electrons. The molecule has 4 aromatic rings. The number of benzene rings is 1. The fourth-order valence-corrected chi connectivity index (χ4v) is 6.19. The number of fused-ring (bicyclic) bond motifs is 3. The van der Waals surface area contributed by atoms with Crippen LogP contribution in [0.15, 0.2) is 54.9 Å². The van der Waals surface area contributed by atoms with Gasteiger partial charge in [0.2, 0.25) is 5.82 Å². The lowest BCUT2D eigenvalue weighted by atomic mass is 9.84. The number of carboxylic acids is 1. The minimum Gasteiger partial charge on any atom is -0.478 e. The molecule has 0 saturated carbocycles. The number of nitrogens with zero attached hydrogens (tertiary/aromatic N) is 6. The fraction of sp³-hybridized carbons (Fsp3) is 0.321. The Bertz CT molecular complexity index is 1480. The van der Waals surface area contributed by atoms with Crippen molar-refractivity contribution in [1.82, 2.24) is 29.4 Å². The number of quaternary nitrogens is 1. The lowest BCUT2D eigenvalue weighted by Gasteiger charge is -2.42. The molecule has 1 N–H and O–H groups in total. The van der Waals surface area contributed by atoms with Gasteiger partial charge in [0.15, 0.2) is 5.69 Å². The summed E-state index contributed by atoms with van der Waals surface area (Å²) in [6.07, 6.45) is 5.15. The molecule has 0 spiro atoms. The molecule has 0 amide bonds. The third kappa shape index (κ3) is 3.65. The van der Waals surface area contributed by atoms with Crippen molar-refractivity contribution in [2.45, 2.75) is 25.8 Å². The van der Waals surface area contributed by atoms with Crippen molar-refractivity contribution in [3.63, 3.8) is 0 Å². The normalized spacial score (nSPS) is 19.9. The molecule has 9 nitrogen and oxygen atoms in total. The average Bonchev–Trinajstić information content (AvgIpc) is 3.38. The third-order valence-electron chi connectivity index (χ3n) is 7.86. The van der Waals surface area contributed by atoms with Gasteiger partial charge in [-0.3, -0.25) is 0 Å². The van der Waals surface area contributed by atoms with Crippen LogP contribution in [0.1, 0.15) is 40.5 Å². The van der Waals surface area contributed by atoms with E-state index in [4.69, 9.17) is 14.7 Å². The zero-order chi connectivity index (χ0) is 25.7. The molecule has 0 radical (unpaired) electrons. The molecule has 1 fully saturated rings. The highest BCUT2D eigenvalue weighted by Crippen LogP contribution is 2.57. The Morgan fingerprint density at radius 2 is 1.89 bits per heavy atom. The van der Waals surface area contributed by atoms with Crippen LogP contribution >= 0.6 is 0 Å². The lowest BCUT2D eigenvalue weighted by molar-refractivity contribution is 0.0416. The van der Waals surface area contributed by atoms with Gasteiger partial charge in [0, 0.05) is 55.8 Å². The molecule has 2 unspecified atom stereocenters. The van der Waals surface area contributed by atoms with E-state index in [2.05, 4.69) is 47.7 Å². The van der Waals surface area contributed by atoms with Crippen molar-refractivity contribution in [1.29, 1.82) is 0 Å². The van der Waals surface area contributed by atoms with E-state index in [1.54, 1.807) is 10.7 Å². The van der Waals surface area contributed by atoms with Crippen LogP contribution in [0.4, 0.5) is 11.5 Å². The van der Waals surface area contributed by atoms with E-state index >= 15 is 0 Å². The second kappa shape index (κ2) is 8.86. The van der Waals surface area contributed by atoms with Crippen LogP contribution in [-0.4, -0.2) is 56.3 Å². The Balaban J connectivity index is 1.63. The van der Waals surface area contributed by atoms with E-state index in [1.165, 1.54) is 11.8 Å². The quantitative estimate of drug-likeness (QED) is 0.399. The predicted octanol–water partition coefficient (Wildman–Crippen LogP) is 4.70. The van der Waals surface area contributed by atoms with Crippen LogP contribution in [0.5, 0.6) is 0 Å². The molecular weight excluding hydrogens is 468 g/mol. The first-order chi connectivity index (χ1) is 17.9. The monoisotopic (exact) mass is 497 g/mol. The number of aromatic nitrogens is 5. The Labute approximate surface area is 215 Å². The van der Waals surface area contributed by atoms with E-state index in [0.29, 0.717) is 10.4 Å². The first kappa shape index (κ1) is 23.4. The van der Waals surface area contributed by atoms with Gasteiger partial charge < -0.3 is 9.84 Å². The van der Waals surface area contributed by atoms with Gasteiger partial charge in [-0.1, -0.05) is 35.5 Å². The zero-order valence-corrected chi connectivity index (χ0v) is 21.1. The van der Waals surface area contributed by atoms with E-state index in [1.807, 2.05) is 26.2 Å². The summed E-state index contributed by atoms with van der Waals surface area (Å²) < 4.78 is 7.90. The standard InChI is InChI=1S/C28H28N6O3/c1-17-25(33(2)32-31-17)20-14-23-24(29-15-20)22-13-21(28(35)36)16-30-27(22)34(23,3)26(18-7-5-4-6-8-18)19-9-11-37-12-10-19/h4-8,13-16,19,26H,9-12H2,1-3H3/p+1. The maximum absolute atomic E-state index is 11.9. The van der Waals surface area contributed by atoms with E-state index in [-0.39, 0.29) is 11.6 Å². The predicted molar refractivity (Wildman–Crippen MR) is 139 cm³/mol. The van der Waals surface area contributed by atoms with Crippen LogP contribution in [0.2, 0.25) is 0 Å². The largest absolute Gasteiger partial charge is 0.478 e. The van der Waals surface area contributed by atoms with Gasteiger partial charge in [0.1, 0.15) is 11.7 Å². The van der Waals surface area contributed by atoms with Crippen LogP contribution in [-0.2, 0) is 11.8 Å². The number of hydrogen-bond acceptors (Lipinski definition) is 6. The maximum Gasteiger partial charge on any atom is 0.337 e. The first-order valence-electron chi connectivity index (χ1n) is 12.5. The summed E-state index contributed by atoms with van der Waals surface area (Å²) in [6.45, 7) is 3.38. The van der Waals surface area contributed by atoms with Crippen LogP contribution in [0, 0.1) is 12.8 Å². The van der Waals surface area contributed by atoms with Crippen LogP contribution < -0.4 is 4.48 Å². The summed E-state index contributed by atoms with van der Waals surface area (Å²) in [5.74, 6) is 0.143. The van der Waals surface area contributed by atoms with Gasteiger partial charge in [-0.05, 0) is 25.8 Å². The topological polar surface area (TPSA) is 103 Å². The zero-order valence-electron chi connectivity index (χ0n) is 21.1. The minimum absolute atomic E-state index is 0.0380. The highest BCUT2D eigenvalue weighted by Gasteiger charge is 2.52. The molecular formula is C28H29N6O3+. The van der Waals surface area contributed by atoms with Crippen molar-refractivity contribution in [3.8, 4) is 22.5 Å². The van der Waals surface area contributed by atoms with Crippen molar-refractivity contribution >= 4 is 17.5 Å². The van der Waals surface area contributed by atoms with Crippen molar-refractivity contribution < 1.29 is 14.6 Å². The molecule has 9 heteroatoms. The number of pyridine rings is 2. The number of carbonyl (C=O) groups is 1. The van der Waals surface area contributed by atoms with Crippen molar-refractivity contribution in [2.24, 2.45) is 13.0 Å². The Hall–Kier alpha value is -3.95. The van der Waals surface area contributed by atoms with E-state index < -0.39 is 5.97 Å². The highest BCUT2D eigenvalue weighted by molar-refractivity contribution is 5.96. The van der Waals surface area contributed by atoms with Gasteiger partial charge >= 0.3 is 5.97 Å². The molecule has 2 aliphatic heterocycles. The summed E-state index contributed by atoms with van der Waals surface area (Å²) in [6, 6.07) is 14.5. The Morgan fingerprint density at radius 3 is 2.57 bits per heavy atom. The summed E-state index contributed by atoms with van der Waals surface area (Å²) in [5, 5.41) is 18.1. The SMILES string of the molecule is Cc1nnn(C)c1-c1cnc2c(c1)[N+](C)(C(c1ccccc1)C1CCOCC1)c1ncc(C(=O)O)cc1-2. The van der Waals surface area contributed by atoms with Gasteiger partial charge in [0.05, 0.1) is 29.6 Å². The lowest BCUT2D eigenvalue weighted by Crippen LogP contribution is -2.47. The minimum atomic E-state index is -1.00. The van der Waals surface area contributed by atoms with Gasteiger partial charge in [0.25, 0.3) is 0 Å². The van der Waals surface area contributed by atoms with Crippen molar-refractivity contribution in [2.75, 3.05) is 20.3 Å². The number of carboxylic acid groups (broad SMARTS) is 1. The maximum atomic E-state index is 11.9. The third-order valence-corrected chi connectivity index (χ3v) is 7.86. The Morgan fingerprint density at radius 1 is 1.14 bits per heavy atom. The van der Waals surface area contributed by atoms with E-state index in [9.17, 15) is 9.90 Å². The summed E-state index contributed by atoms with van der Waals surface area (Å²) >= 11 is 0. The number of ether oxygens (including phenoxy) is 1. The molecule has 0 aliphatic carbocycles. The number of aryl methyl sites for hydroxylation is 2. The number of aromatic carboxylic acids is 1. The molecule has 2 atom stereocenters. The molecule has 2 aliphatic rings. The van der Waals surface area contributed by atoms with Gasteiger partial charge in [-0.2, -0.15) is 0 Å². The number of hydrogen-bond donors (Lipinski definition) is 1. The van der Waals surface area contributed by atoms with Gasteiger partial charge in [-0.25, -0.2) is 23.9 Å². The molecule has 0 bridgehead atoms. The Kier molecular flexibility index (Phi) is 5.62. The molecule has 3 aromatic heterocycles. The summed E-state index contributed by atoms with van der Waals surface area (Å²) in [5.41, 5.74) is 6.52. The smallest absolute Gasteiger partial charge is 0.337 e. The fourth-order valence-electron chi connectivity index (χ4n) is 6.19. The molecule has 1 saturated heterocycles. The summed E-state index contributed by atoms with van der Waals surface area (Å²) in [4.78, 5) is 21.6. The average molecular weight is 498 g/mol.